The summed E-state index contributed by atoms with van der Waals surface area (Å²) >= 11 is 0. The molecule has 4 unspecified atom stereocenters. The summed E-state index contributed by atoms with van der Waals surface area (Å²) < 4.78 is 0. The Morgan fingerprint density at radius 2 is 0.970 bits per heavy atom. The molecule has 0 radical (unpaired) electrons. The Morgan fingerprint density at radius 3 is 1.54 bits per heavy atom. The summed E-state index contributed by atoms with van der Waals surface area (Å²) in [5.74, 6) is 0. The van der Waals surface area contributed by atoms with Crippen LogP contribution in [0.4, 0.5) is 39.8 Å². The molecular formula is C62H60BN3Si. The van der Waals surface area contributed by atoms with E-state index in [2.05, 4.69) is 203 Å². The fourth-order valence-electron chi connectivity index (χ4n) is 16.5. The van der Waals surface area contributed by atoms with Gasteiger partial charge in [0.05, 0.1) is 16.8 Å². The van der Waals surface area contributed by atoms with Crippen molar-refractivity contribution in [2.75, 3.05) is 14.7 Å². The monoisotopic (exact) mass is 885 g/mol. The van der Waals surface area contributed by atoms with Gasteiger partial charge in [-0.05, 0) is 134 Å². The third-order valence-corrected chi connectivity index (χ3v) is 25.0. The fraction of sp³-hybridized carbons (Fsp3) is 0.323. The second kappa shape index (κ2) is 12.5. The van der Waals surface area contributed by atoms with Gasteiger partial charge in [0.1, 0.15) is 0 Å². The van der Waals surface area contributed by atoms with E-state index >= 15 is 0 Å². The summed E-state index contributed by atoms with van der Waals surface area (Å²) in [6.45, 7) is 18.0. The normalized spacial score (nSPS) is 26.8. The molecule has 330 valence electrons. The van der Waals surface area contributed by atoms with Crippen molar-refractivity contribution in [3.8, 4) is 11.1 Å². The van der Waals surface area contributed by atoms with Gasteiger partial charge in [-0.25, -0.2) is 0 Å². The van der Waals surface area contributed by atoms with Crippen molar-refractivity contribution < 1.29 is 0 Å². The molecule has 0 bridgehead atoms. The van der Waals surface area contributed by atoms with Crippen molar-refractivity contribution in [1.29, 1.82) is 0 Å². The van der Waals surface area contributed by atoms with Gasteiger partial charge >= 0.3 is 0 Å². The number of fused-ring (bicyclic) bond motifs is 19. The smallest absolute Gasteiger partial charge is 0.252 e. The van der Waals surface area contributed by atoms with Gasteiger partial charge in [0, 0.05) is 45.0 Å². The summed E-state index contributed by atoms with van der Waals surface area (Å²) in [6.07, 6.45) is 9.93. The minimum atomic E-state index is -2.72. The van der Waals surface area contributed by atoms with Crippen molar-refractivity contribution in [2.24, 2.45) is 0 Å². The van der Waals surface area contributed by atoms with Crippen LogP contribution < -0.4 is 51.8 Å². The molecule has 0 N–H and O–H groups in total. The van der Waals surface area contributed by atoms with Crippen LogP contribution in [0, 0.1) is 0 Å². The lowest BCUT2D eigenvalue weighted by Crippen LogP contribution is -2.75. The predicted molar refractivity (Wildman–Crippen MR) is 286 cm³/mol. The van der Waals surface area contributed by atoms with Gasteiger partial charge in [-0.15, -0.1) is 0 Å². The molecule has 0 aromatic heterocycles. The maximum atomic E-state index is 2.97. The summed E-state index contributed by atoms with van der Waals surface area (Å²) in [7, 11) is -2.72. The molecule has 5 heteroatoms. The maximum absolute atomic E-state index is 2.97. The molecule has 3 nitrogen and oxygen atoms in total. The van der Waals surface area contributed by atoms with Crippen molar-refractivity contribution in [2.45, 2.75) is 127 Å². The van der Waals surface area contributed by atoms with Crippen LogP contribution >= 0.6 is 0 Å². The molecule has 6 heterocycles. The van der Waals surface area contributed by atoms with Crippen LogP contribution in [-0.4, -0.2) is 25.9 Å². The van der Waals surface area contributed by atoms with Crippen LogP contribution in [0.3, 0.4) is 0 Å². The molecule has 2 aliphatic carbocycles. The Kier molecular flexibility index (Phi) is 7.29. The number of hydrogen-bond donors (Lipinski definition) is 0. The molecule has 2 fully saturated rings. The van der Waals surface area contributed by atoms with Gasteiger partial charge in [0.25, 0.3) is 6.71 Å². The van der Waals surface area contributed by atoms with Crippen molar-refractivity contribution in [1.82, 2.24) is 0 Å². The molecule has 2 saturated carbocycles. The van der Waals surface area contributed by atoms with Crippen LogP contribution in [0.5, 0.6) is 0 Å². The highest BCUT2D eigenvalue weighted by molar-refractivity contribution is 7.23. The first-order valence-corrected chi connectivity index (χ1v) is 27.7. The molecule has 7 aromatic rings. The van der Waals surface area contributed by atoms with Gasteiger partial charge in [-0.1, -0.05) is 176 Å². The molecule has 15 rings (SSSR count). The fourth-order valence-corrected chi connectivity index (χ4v) is 22.0. The van der Waals surface area contributed by atoms with Crippen molar-refractivity contribution in [3.63, 3.8) is 0 Å². The van der Waals surface area contributed by atoms with E-state index in [-0.39, 0.29) is 34.0 Å². The van der Waals surface area contributed by atoms with Crippen molar-refractivity contribution in [3.05, 3.63) is 156 Å². The highest BCUT2D eigenvalue weighted by Crippen LogP contribution is 2.65. The van der Waals surface area contributed by atoms with Gasteiger partial charge in [-0.3, -0.25) is 0 Å². The van der Waals surface area contributed by atoms with E-state index in [0.29, 0.717) is 0 Å². The van der Waals surface area contributed by atoms with Gasteiger partial charge < -0.3 is 14.7 Å². The van der Waals surface area contributed by atoms with Crippen molar-refractivity contribution >= 4 is 91.7 Å². The van der Waals surface area contributed by atoms with E-state index in [4.69, 9.17) is 0 Å². The number of anilines is 7. The minimum Gasteiger partial charge on any atom is -0.335 e. The van der Waals surface area contributed by atoms with E-state index in [1.54, 1.807) is 16.6 Å². The zero-order valence-corrected chi connectivity index (χ0v) is 41.4. The van der Waals surface area contributed by atoms with E-state index in [1.807, 2.05) is 0 Å². The molecule has 7 aromatic carbocycles. The molecule has 1 spiro atoms. The third kappa shape index (κ3) is 4.29. The summed E-state index contributed by atoms with van der Waals surface area (Å²) in [4.78, 5) is 8.64. The largest absolute Gasteiger partial charge is 0.335 e. The first-order valence-electron chi connectivity index (χ1n) is 25.7. The van der Waals surface area contributed by atoms with E-state index in [0.717, 1.165) is 0 Å². The average Bonchev–Trinajstić information content (AvgIpc) is 3.84. The summed E-state index contributed by atoms with van der Waals surface area (Å²) in [5, 5.41) is 6.02. The molecular weight excluding hydrogens is 826 g/mol. The Balaban J connectivity index is 1.07. The van der Waals surface area contributed by atoms with Gasteiger partial charge in [0.2, 0.25) is 0 Å². The van der Waals surface area contributed by atoms with Crippen LogP contribution in [0.15, 0.2) is 140 Å². The lowest BCUT2D eigenvalue weighted by molar-refractivity contribution is 0.194. The highest BCUT2D eigenvalue weighted by Gasteiger charge is 2.65. The Hall–Kier alpha value is -5.78. The third-order valence-electron chi connectivity index (χ3n) is 20.1. The predicted octanol–water partition coefficient (Wildman–Crippen LogP) is 10.8. The molecule has 6 aliphatic heterocycles. The lowest BCUT2D eigenvalue weighted by Gasteiger charge is -2.55. The highest BCUT2D eigenvalue weighted by atomic mass is 28.3. The van der Waals surface area contributed by atoms with Gasteiger partial charge in [0.15, 0.2) is 8.07 Å². The first kappa shape index (κ1) is 39.2. The Bertz CT molecular complexity index is 3270. The Labute approximate surface area is 399 Å². The SMILES string of the molecule is CC(C)(C)c1cc2c3c(c1)C1(C)CCCCC1(C)N3c1cc(N3c4ccccc4[Si]4(c5ccccc5-c5ccccc54)c4ccccc43)cc3c1B2c1cccc2c1N3C1(C)CCCCC21C. The standard InChI is InChI=1S/C62H60BN3Si/c1-58(2,3)39-35-44-57-46(36-39)63-45-24-20-23-43-56(45)65(61(6)33-18-16-31-59(43,61)4)49-37-40(38-50(55(49)63)66(57)62(7)34-19-17-32-60(44,62)5)64-47-25-10-14-29-53(47)67(54-30-15-11-26-48(54)64)51-27-12-8-21-41(51)42-22-9-13-28-52(42)67/h8-15,20-30,35-38H,16-19,31-34H2,1-7H3. The van der Waals surface area contributed by atoms with Crippen LogP contribution in [0.1, 0.15) is 117 Å². The number of nitrogens with zero attached hydrogens (tertiary/aromatic N) is 3. The zero-order valence-electron chi connectivity index (χ0n) is 40.4. The number of benzene rings is 7. The maximum Gasteiger partial charge on any atom is 0.252 e. The minimum absolute atomic E-state index is 0.0217. The van der Waals surface area contributed by atoms with Crippen LogP contribution in [0.2, 0.25) is 0 Å². The van der Waals surface area contributed by atoms with Gasteiger partial charge in [-0.2, -0.15) is 0 Å². The molecule has 0 amide bonds. The summed E-state index contributed by atoms with van der Waals surface area (Å²) in [6, 6.07) is 56.1. The van der Waals surface area contributed by atoms with E-state index in [9.17, 15) is 0 Å². The zero-order chi connectivity index (χ0) is 45.2. The van der Waals surface area contributed by atoms with E-state index < -0.39 is 8.07 Å². The second-order valence-electron chi connectivity index (χ2n) is 23.8. The molecule has 67 heavy (non-hydrogen) atoms. The second-order valence-corrected chi connectivity index (χ2v) is 27.4. The Morgan fingerprint density at radius 1 is 0.478 bits per heavy atom. The topological polar surface area (TPSA) is 9.72 Å². The molecule has 4 atom stereocenters. The molecule has 0 saturated heterocycles. The number of rotatable bonds is 1. The summed E-state index contributed by atoms with van der Waals surface area (Å²) in [5.41, 5.74) is 21.9. The molecule has 8 aliphatic rings. The average molecular weight is 886 g/mol. The van der Waals surface area contributed by atoms with Crippen LogP contribution in [0.25, 0.3) is 11.1 Å². The quantitative estimate of drug-likeness (QED) is 0.152. The lowest BCUT2D eigenvalue weighted by atomic mass is 9.33. The van der Waals surface area contributed by atoms with Crippen LogP contribution in [-0.2, 0) is 16.2 Å². The number of para-hydroxylation sites is 3. The van der Waals surface area contributed by atoms with E-state index in [1.165, 1.54) is 140 Å². The number of hydrogen-bond acceptors (Lipinski definition) is 3. The first-order chi connectivity index (χ1) is 32.4.